The third-order valence-corrected chi connectivity index (χ3v) is 2.39. The van der Waals surface area contributed by atoms with Crippen LogP contribution in [0.5, 0.6) is 0 Å². The molecule has 0 saturated carbocycles. The molecule has 0 saturated heterocycles. The Hall–Kier alpha value is -1.95. The molecule has 0 spiro atoms. The third kappa shape index (κ3) is 4.14. The number of nitrogens with zero attached hydrogens (tertiary/aromatic N) is 1. The van der Waals surface area contributed by atoms with Crippen LogP contribution in [0.15, 0.2) is 24.3 Å². The second-order valence-corrected chi connectivity index (χ2v) is 4.53. The molecular weight excluding hydrogens is 234 g/mol. The summed E-state index contributed by atoms with van der Waals surface area (Å²) in [4.78, 5) is 21.8. The first-order chi connectivity index (χ1) is 8.40. The number of anilines is 1. The fraction of sp³-hybridized carbons (Fsp3) is 0.417. The normalized spacial score (nSPS) is 12.2. The Balaban J connectivity index is 2.70. The first-order valence-corrected chi connectivity index (χ1v) is 5.71. The minimum Gasteiger partial charge on any atom is -0.324 e. The van der Waals surface area contributed by atoms with Crippen molar-refractivity contribution in [3.63, 3.8) is 0 Å². The van der Waals surface area contributed by atoms with Gasteiger partial charge in [-0.2, -0.15) is 0 Å². The van der Waals surface area contributed by atoms with Gasteiger partial charge < -0.3 is 11.1 Å². The molecule has 1 rings (SSSR count). The second kappa shape index (κ2) is 6.11. The number of carbonyl (C=O) groups is 1. The number of nitro groups is 1. The summed E-state index contributed by atoms with van der Waals surface area (Å²) in [6.07, 6.45) is 0.570. The summed E-state index contributed by atoms with van der Waals surface area (Å²) in [5.74, 6) is -0.0138. The fourth-order valence-corrected chi connectivity index (χ4v) is 1.55. The predicted octanol–water partition coefficient (Wildman–Crippen LogP) is 1.91. The van der Waals surface area contributed by atoms with Gasteiger partial charge in [0.05, 0.1) is 11.0 Å². The molecule has 18 heavy (non-hydrogen) atoms. The van der Waals surface area contributed by atoms with Gasteiger partial charge in [0, 0.05) is 17.8 Å². The monoisotopic (exact) mass is 251 g/mol. The van der Waals surface area contributed by atoms with Gasteiger partial charge in [-0.3, -0.25) is 14.9 Å². The minimum absolute atomic E-state index is 0.0646. The number of hydrogen-bond acceptors (Lipinski definition) is 4. The van der Waals surface area contributed by atoms with Crippen molar-refractivity contribution in [2.24, 2.45) is 11.7 Å². The Morgan fingerprint density at radius 2 is 2.17 bits per heavy atom. The van der Waals surface area contributed by atoms with Crippen molar-refractivity contribution in [3.8, 4) is 0 Å². The van der Waals surface area contributed by atoms with Crippen molar-refractivity contribution in [2.45, 2.75) is 26.3 Å². The standard InChI is InChI=1S/C12H17N3O3/c1-8(2)6-11(13)12(16)14-9-4-3-5-10(7-9)15(17)18/h3-5,7-8,11H,6,13H2,1-2H3,(H,14,16)/t11-/m1/s1. The zero-order valence-corrected chi connectivity index (χ0v) is 10.4. The molecule has 1 atom stereocenters. The highest BCUT2D eigenvalue weighted by Crippen LogP contribution is 2.17. The van der Waals surface area contributed by atoms with Crippen molar-refractivity contribution in [1.82, 2.24) is 0 Å². The SMILES string of the molecule is CC(C)C[C@@H](N)C(=O)Nc1cccc([N+](=O)[O-])c1. The van der Waals surface area contributed by atoms with Gasteiger partial charge in [-0.05, 0) is 18.4 Å². The summed E-state index contributed by atoms with van der Waals surface area (Å²) in [7, 11) is 0. The van der Waals surface area contributed by atoms with Crippen molar-refractivity contribution in [2.75, 3.05) is 5.32 Å². The predicted molar refractivity (Wildman–Crippen MR) is 69.2 cm³/mol. The van der Waals surface area contributed by atoms with E-state index in [1.165, 1.54) is 18.2 Å². The van der Waals surface area contributed by atoms with E-state index in [0.717, 1.165) is 0 Å². The van der Waals surface area contributed by atoms with E-state index in [4.69, 9.17) is 5.73 Å². The number of carbonyl (C=O) groups excluding carboxylic acids is 1. The first-order valence-electron chi connectivity index (χ1n) is 5.71. The molecule has 6 heteroatoms. The molecule has 0 radical (unpaired) electrons. The van der Waals surface area contributed by atoms with Crippen molar-refractivity contribution in [3.05, 3.63) is 34.4 Å². The van der Waals surface area contributed by atoms with E-state index in [0.29, 0.717) is 18.0 Å². The lowest BCUT2D eigenvalue weighted by Crippen LogP contribution is -2.36. The second-order valence-electron chi connectivity index (χ2n) is 4.53. The average molecular weight is 251 g/mol. The largest absolute Gasteiger partial charge is 0.324 e. The van der Waals surface area contributed by atoms with Crippen LogP contribution in [0.3, 0.4) is 0 Å². The van der Waals surface area contributed by atoms with E-state index in [1.54, 1.807) is 6.07 Å². The van der Waals surface area contributed by atoms with Crippen LogP contribution >= 0.6 is 0 Å². The molecule has 0 aliphatic heterocycles. The van der Waals surface area contributed by atoms with Gasteiger partial charge in [0.2, 0.25) is 5.91 Å². The fourth-order valence-electron chi connectivity index (χ4n) is 1.55. The third-order valence-electron chi connectivity index (χ3n) is 2.39. The van der Waals surface area contributed by atoms with Crippen LogP contribution in [0.2, 0.25) is 0 Å². The lowest BCUT2D eigenvalue weighted by molar-refractivity contribution is -0.384. The van der Waals surface area contributed by atoms with Crippen molar-refractivity contribution >= 4 is 17.3 Å². The van der Waals surface area contributed by atoms with Gasteiger partial charge in [-0.25, -0.2) is 0 Å². The van der Waals surface area contributed by atoms with Gasteiger partial charge in [0.1, 0.15) is 0 Å². The van der Waals surface area contributed by atoms with Gasteiger partial charge in [0.15, 0.2) is 0 Å². The molecule has 1 amide bonds. The molecule has 0 aromatic heterocycles. The van der Waals surface area contributed by atoms with Crippen LogP contribution in [-0.4, -0.2) is 16.9 Å². The molecule has 6 nitrogen and oxygen atoms in total. The van der Waals surface area contributed by atoms with E-state index in [2.05, 4.69) is 5.32 Å². The van der Waals surface area contributed by atoms with Crippen LogP contribution in [0.25, 0.3) is 0 Å². The number of amides is 1. The summed E-state index contributed by atoms with van der Waals surface area (Å²) < 4.78 is 0. The van der Waals surface area contributed by atoms with Crippen LogP contribution in [0, 0.1) is 16.0 Å². The van der Waals surface area contributed by atoms with Gasteiger partial charge in [0.25, 0.3) is 5.69 Å². The topological polar surface area (TPSA) is 98.3 Å². The van der Waals surface area contributed by atoms with Gasteiger partial charge in [-0.15, -0.1) is 0 Å². The van der Waals surface area contributed by atoms with Crippen molar-refractivity contribution in [1.29, 1.82) is 0 Å². The average Bonchev–Trinajstić information content (AvgIpc) is 2.28. The van der Waals surface area contributed by atoms with Gasteiger partial charge in [-0.1, -0.05) is 19.9 Å². The maximum Gasteiger partial charge on any atom is 0.271 e. The summed E-state index contributed by atoms with van der Waals surface area (Å²) in [6, 6.07) is 5.17. The summed E-state index contributed by atoms with van der Waals surface area (Å²) in [6.45, 7) is 3.95. The lowest BCUT2D eigenvalue weighted by Gasteiger charge is -2.13. The van der Waals surface area contributed by atoms with Crippen LogP contribution in [-0.2, 0) is 4.79 Å². The van der Waals surface area contributed by atoms with E-state index < -0.39 is 11.0 Å². The van der Waals surface area contributed by atoms with Crippen molar-refractivity contribution < 1.29 is 9.72 Å². The Morgan fingerprint density at radius 1 is 1.50 bits per heavy atom. The van der Waals surface area contributed by atoms with E-state index in [1.807, 2.05) is 13.8 Å². The Morgan fingerprint density at radius 3 is 2.72 bits per heavy atom. The maximum absolute atomic E-state index is 11.7. The quantitative estimate of drug-likeness (QED) is 0.616. The molecule has 3 N–H and O–H groups in total. The van der Waals surface area contributed by atoms with Crippen LogP contribution in [0.1, 0.15) is 20.3 Å². The molecule has 0 aliphatic rings. The number of nitrogens with two attached hydrogens (primary N) is 1. The molecule has 0 bridgehead atoms. The summed E-state index contributed by atoms with van der Waals surface area (Å²) >= 11 is 0. The molecule has 98 valence electrons. The van der Waals surface area contributed by atoms with Crippen LogP contribution < -0.4 is 11.1 Å². The van der Waals surface area contributed by atoms with E-state index >= 15 is 0 Å². The van der Waals surface area contributed by atoms with E-state index in [-0.39, 0.29) is 11.6 Å². The highest BCUT2D eigenvalue weighted by Gasteiger charge is 2.16. The zero-order chi connectivity index (χ0) is 13.7. The number of nitro benzene ring substituents is 1. The lowest BCUT2D eigenvalue weighted by atomic mass is 10.0. The van der Waals surface area contributed by atoms with E-state index in [9.17, 15) is 14.9 Å². The highest BCUT2D eigenvalue weighted by molar-refractivity contribution is 5.94. The highest BCUT2D eigenvalue weighted by atomic mass is 16.6. The Kier molecular flexibility index (Phi) is 4.79. The smallest absolute Gasteiger partial charge is 0.271 e. The molecule has 0 aliphatic carbocycles. The Labute approximate surface area is 105 Å². The molecule has 0 heterocycles. The summed E-state index contributed by atoms with van der Waals surface area (Å²) in [5, 5.41) is 13.2. The summed E-state index contributed by atoms with van der Waals surface area (Å²) in [5.41, 5.74) is 6.04. The molecule has 0 fully saturated rings. The molecule has 1 aromatic rings. The number of non-ortho nitro benzene ring substituents is 1. The van der Waals surface area contributed by atoms with Gasteiger partial charge >= 0.3 is 0 Å². The molecule has 1 aromatic carbocycles. The molecular formula is C12H17N3O3. The zero-order valence-electron chi connectivity index (χ0n) is 10.4. The number of nitrogens with one attached hydrogen (secondary N) is 1. The minimum atomic E-state index is -0.607. The number of hydrogen-bond donors (Lipinski definition) is 2. The number of benzene rings is 1. The first kappa shape index (κ1) is 14.1. The Bertz CT molecular complexity index is 446. The number of rotatable bonds is 5. The molecule has 0 unspecified atom stereocenters. The maximum atomic E-state index is 11.7. The van der Waals surface area contributed by atoms with Crippen LogP contribution in [0.4, 0.5) is 11.4 Å².